The maximum atomic E-state index is 5.30. The first-order chi connectivity index (χ1) is 8.63. The molecular formula is C14H17N3O. The number of anilines is 1. The Bertz CT molecular complexity index is 535. The third kappa shape index (κ3) is 2.27. The molecule has 1 heterocycles. The summed E-state index contributed by atoms with van der Waals surface area (Å²) in [4.78, 5) is 10.4. The van der Waals surface area contributed by atoms with E-state index in [-0.39, 0.29) is 0 Å². The van der Waals surface area contributed by atoms with Crippen molar-refractivity contribution in [3.8, 4) is 17.0 Å². The summed E-state index contributed by atoms with van der Waals surface area (Å²) in [7, 11) is 5.67. The van der Waals surface area contributed by atoms with Crippen LogP contribution in [0.1, 0.15) is 5.69 Å². The Balaban J connectivity index is 2.48. The van der Waals surface area contributed by atoms with Crippen LogP contribution < -0.4 is 9.64 Å². The summed E-state index contributed by atoms with van der Waals surface area (Å²) in [6, 6.07) is 8.26. The van der Waals surface area contributed by atoms with Crippen molar-refractivity contribution >= 4 is 5.69 Å². The van der Waals surface area contributed by atoms with Crippen molar-refractivity contribution in [3.63, 3.8) is 0 Å². The third-order valence-corrected chi connectivity index (χ3v) is 2.87. The molecule has 2 rings (SSSR count). The zero-order valence-electron chi connectivity index (χ0n) is 11.1. The predicted molar refractivity (Wildman–Crippen MR) is 73.1 cm³/mol. The summed E-state index contributed by atoms with van der Waals surface area (Å²) in [6.07, 6.45) is 1.52. The highest BCUT2D eigenvalue weighted by Gasteiger charge is 2.11. The minimum atomic E-state index is 0.611. The van der Waals surface area contributed by atoms with Gasteiger partial charge in [-0.3, -0.25) is 0 Å². The summed E-state index contributed by atoms with van der Waals surface area (Å²) < 4.78 is 5.30. The molecule has 0 spiro atoms. The molecule has 4 heteroatoms. The van der Waals surface area contributed by atoms with Gasteiger partial charge in [-0.2, -0.15) is 0 Å². The monoisotopic (exact) mass is 243 g/mol. The van der Waals surface area contributed by atoms with Crippen LogP contribution in [0.2, 0.25) is 0 Å². The van der Waals surface area contributed by atoms with Crippen LogP contribution in [0, 0.1) is 6.92 Å². The second-order valence-electron chi connectivity index (χ2n) is 4.28. The van der Waals surface area contributed by atoms with Gasteiger partial charge in [0.15, 0.2) is 0 Å². The Labute approximate surface area is 107 Å². The third-order valence-electron chi connectivity index (χ3n) is 2.87. The zero-order valence-corrected chi connectivity index (χ0v) is 11.1. The standard InChI is InChI=1S/C14H17N3O/c1-10-13(14(18-4)16-9-15-10)11-5-7-12(8-6-11)17(2)3/h5-9H,1-4H3. The summed E-state index contributed by atoms with van der Waals surface area (Å²) in [5, 5.41) is 0. The fourth-order valence-electron chi connectivity index (χ4n) is 1.87. The van der Waals surface area contributed by atoms with E-state index in [0.717, 1.165) is 22.5 Å². The quantitative estimate of drug-likeness (QED) is 0.830. The molecule has 94 valence electrons. The normalized spacial score (nSPS) is 10.2. The average Bonchev–Trinajstić information content (AvgIpc) is 2.38. The van der Waals surface area contributed by atoms with Crippen molar-refractivity contribution in [2.75, 3.05) is 26.1 Å². The van der Waals surface area contributed by atoms with Gasteiger partial charge in [0.1, 0.15) is 6.33 Å². The van der Waals surface area contributed by atoms with Gasteiger partial charge >= 0.3 is 0 Å². The summed E-state index contributed by atoms with van der Waals surface area (Å²) in [5.74, 6) is 0.611. The molecule has 0 saturated heterocycles. The number of nitrogens with zero attached hydrogens (tertiary/aromatic N) is 3. The van der Waals surface area contributed by atoms with E-state index >= 15 is 0 Å². The molecule has 4 nitrogen and oxygen atoms in total. The predicted octanol–water partition coefficient (Wildman–Crippen LogP) is 2.53. The van der Waals surface area contributed by atoms with Gasteiger partial charge in [-0.15, -0.1) is 0 Å². The highest BCUT2D eigenvalue weighted by molar-refractivity contribution is 5.72. The minimum absolute atomic E-state index is 0.611. The highest BCUT2D eigenvalue weighted by Crippen LogP contribution is 2.30. The molecule has 2 aromatic rings. The molecule has 0 aliphatic heterocycles. The molecule has 0 aliphatic rings. The maximum Gasteiger partial charge on any atom is 0.224 e. The summed E-state index contributed by atoms with van der Waals surface area (Å²) >= 11 is 0. The molecule has 1 aromatic carbocycles. The van der Waals surface area contributed by atoms with Gasteiger partial charge in [-0.05, 0) is 24.6 Å². The Morgan fingerprint density at radius 3 is 2.28 bits per heavy atom. The lowest BCUT2D eigenvalue weighted by Gasteiger charge is -2.14. The number of hydrogen-bond acceptors (Lipinski definition) is 4. The fourth-order valence-corrected chi connectivity index (χ4v) is 1.87. The van der Waals surface area contributed by atoms with E-state index in [1.807, 2.05) is 21.0 Å². The first-order valence-electron chi connectivity index (χ1n) is 5.77. The van der Waals surface area contributed by atoms with Gasteiger partial charge in [0.2, 0.25) is 5.88 Å². The molecule has 1 aromatic heterocycles. The molecule has 18 heavy (non-hydrogen) atoms. The Hall–Kier alpha value is -2.10. The molecule has 0 saturated carbocycles. The van der Waals surface area contributed by atoms with Gasteiger partial charge in [-0.1, -0.05) is 12.1 Å². The first kappa shape index (κ1) is 12.4. The maximum absolute atomic E-state index is 5.30. The number of rotatable bonds is 3. The highest BCUT2D eigenvalue weighted by atomic mass is 16.5. The van der Waals surface area contributed by atoms with Crippen molar-refractivity contribution in [1.82, 2.24) is 9.97 Å². The summed E-state index contributed by atoms with van der Waals surface area (Å²) in [5.41, 5.74) is 4.09. The number of methoxy groups -OCH3 is 1. The zero-order chi connectivity index (χ0) is 13.1. The van der Waals surface area contributed by atoms with Crippen LogP contribution >= 0.6 is 0 Å². The number of ether oxygens (including phenoxy) is 1. The van der Waals surface area contributed by atoms with Crippen LogP contribution in [-0.2, 0) is 0 Å². The van der Waals surface area contributed by atoms with Gasteiger partial charge < -0.3 is 9.64 Å². The van der Waals surface area contributed by atoms with E-state index < -0.39 is 0 Å². The fraction of sp³-hybridized carbons (Fsp3) is 0.286. The molecule has 0 unspecified atom stereocenters. The SMILES string of the molecule is COc1ncnc(C)c1-c1ccc(N(C)C)cc1. The largest absolute Gasteiger partial charge is 0.480 e. The van der Waals surface area contributed by atoms with E-state index in [4.69, 9.17) is 4.74 Å². The van der Waals surface area contributed by atoms with Crippen molar-refractivity contribution in [2.24, 2.45) is 0 Å². The van der Waals surface area contributed by atoms with Crippen LogP contribution in [0.25, 0.3) is 11.1 Å². The van der Waals surface area contributed by atoms with Gasteiger partial charge in [0, 0.05) is 19.8 Å². The second-order valence-corrected chi connectivity index (χ2v) is 4.28. The van der Waals surface area contributed by atoms with Gasteiger partial charge in [0.05, 0.1) is 18.4 Å². The van der Waals surface area contributed by atoms with E-state index in [9.17, 15) is 0 Å². The lowest BCUT2D eigenvalue weighted by molar-refractivity contribution is 0.398. The van der Waals surface area contributed by atoms with E-state index in [1.54, 1.807) is 7.11 Å². The van der Waals surface area contributed by atoms with Crippen LogP contribution in [0.4, 0.5) is 5.69 Å². The van der Waals surface area contributed by atoms with E-state index in [0.29, 0.717) is 5.88 Å². The molecule has 0 aliphatic carbocycles. The van der Waals surface area contributed by atoms with Gasteiger partial charge in [-0.25, -0.2) is 9.97 Å². The Morgan fingerprint density at radius 2 is 1.72 bits per heavy atom. The topological polar surface area (TPSA) is 38.3 Å². The first-order valence-corrected chi connectivity index (χ1v) is 5.77. The van der Waals surface area contributed by atoms with Crippen molar-refractivity contribution < 1.29 is 4.74 Å². The Morgan fingerprint density at radius 1 is 1.06 bits per heavy atom. The number of benzene rings is 1. The van der Waals surface area contributed by atoms with Crippen LogP contribution in [0.15, 0.2) is 30.6 Å². The van der Waals surface area contributed by atoms with Crippen molar-refractivity contribution in [2.45, 2.75) is 6.92 Å². The number of aryl methyl sites for hydroxylation is 1. The number of aromatic nitrogens is 2. The molecule has 0 bridgehead atoms. The molecule has 0 fully saturated rings. The second kappa shape index (κ2) is 5.04. The van der Waals surface area contributed by atoms with E-state index in [1.165, 1.54) is 6.33 Å². The smallest absolute Gasteiger partial charge is 0.224 e. The van der Waals surface area contributed by atoms with Crippen molar-refractivity contribution in [3.05, 3.63) is 36.3 Å². The molecule has 0 radical (unpaired) electrons. The van der Waals surface area contributed by atoms with Crippen LogP contribution in [0.3, 0.4) is 0 Å². The van der Waals surface area contributed by atoms with E-state index in [2.05, 4.69) is 39.1 Å². The molecule has 0 N–H and O–H groups in total. The van der Waals surface area contributed by atoms with Crippen LogP contribution in [-0.4, -0.2) is 31.2 Å². The number of hydrogen-bond donors (Lipinski definition) is 0. The average molecular weight is 243 g/mol. The minimum Gasteiger partial charge on any atom is -0.480 e. The van der Waals surface area contributed by atoms with Crippen LogP contribution in [0.5, 0.6) is 5.88 Å². The molecular weight excluding hydrogens is 226 g/mol. The lowest BCUT2D eigenvalue weighted by Crippen LogP contribution is -2.08. The molecule has 0 atom stereocenters. The summed E-state index contributed by atoms with van der Waals surface area (Å²) in [6.45, 7) is 1.96. The Kier molecular flexibility index (Phi) is 3.46. The molecule has 0 amide bonds. The van der Waals surface area contributed by atoms with Gasteiger partial charge in [0.25, 0.3) is 0 Å². The van der Waals surface area contributed by atoms with Crippen molar-refractivity contribution in [1.29, 1.82) is 0 Å². The lowest BCUT2D eigenvalue weighted by atomic mass is 10.1.